The number of aldehydes is 1. The molecule has 0 saturated heterocycles. The Morgan fingerprint density at radius 3 is 2.44 bits per heavy atom. The van der Waals surface area contributed by atoms with E-state index in [4.69, 9.17) is 5.11 Å². The van der Waals surface area contributed by atoms with Crippen molar-refractivity contribution in [3.8, 4) is 0 Å². The minimum atomic E-state index is -0.363. The molecule has 2 heteroatoms. The van der Waals surface area contributed by atoms with Crippen LogP contribution in [-0.4, -0.2) is 17.5 Å². The second-order valence-electron chi connectivity index (χ2n) is 2.94. The average Bonchev–Trinajstić information content (AvgIpc) is 2.10. The molecule has 1 rings (SSSR count). The van der Waals surface area contributed by atoms with Gasteiger partial charge >= 0.3 is 0 Å². The van der Waals surface area contributed by atoms with Crippen LogP contribution in [-0.2, 0) is 4.79 Å². The van der Waals surface area contributed by atoms with E-state index in [0.29, 0.717) is 5.92 Å². The molecule has 0 radical (unpaired) electrons. The summed E-state index contributed by atoms with van der Waals surface area (Å²) in [4.78, 5) is 10.2. The summed E-state index contributed by atoms with van der Waals surface area (Å²) in [6, 6.07) is 0. The Morgan fingerprint density at radius 1 is 1.56 bits per heavy atom. The number of hydrogen-bond acceptors (Lipinski definition) is 2. The standard InChI is InChI=1S/C7H12O2/c1-5-2-6(4-8)7(9)3-5/h4-7,9H,2-3H2,1H3/t5?,6-,7+/m0/s1. The Hall–Kier alpha value is -0.370. The highest BCUT2D eigenvalue weighted by molar-refractivity contribution is 5.55. The number of carbonyl (C=O) groups is 1. The van der Waals surface area contributed by atoms with Crippen molar-refractivity contribution in [1.82, 2.24) is 0 Å². The molecular weight excluding hydrogens is 116 g/mol. The molecule has 0 spiro atoms. The van der Waals surface area contributed by atoms with Crippen LogP contribution >= 0.6 is 0 Å². The van der Waals surface area contributed by atoms with Crippen LogP contribution in [0.3, 0.4) is 0 Å². The second kappa shape index (κ2) is 2.48. The first-order valence-electron chi connectivity index (χ1n) is 3.37. The average molecular weight is 128 g/mol. The lowest BCUT2D eigenvalue weighted by Gasteiger charge is -2.02. The van der Waals surface area contributed by atoms with Gasteiger partial charge in [-0.15, -0.1) is 0 Å². The van der Waals surface area contributed by atoms with Crippen LogP contribution in [0.15, 0.2) is 0 Å². The number of rotatable bonds is 1. The van der Waals surface area contributed by atoms with E-state index in [0.717, 1.165) is 19.1 Å². The van der Waals surface area contributed by atoms with Gasteiger partial charge in [0.15, 0.2) is 0 Å². The fourth-order valence-electron chi connectivity index (χ4n) is 1.45. The van der Waals surface area contributed by atoms with Crippen LogP contribution in [0.1, 0.15) is 19.8 Å². The minimum Gasteiger partial charge on any atom is -0.392 e. The molecule has 1 N–H and O–H groups in total. The highest BCUT2D eigenvalue weighted by Crippen LogP contribution is 2.28. The normalized spacial score (nSPS) is 43.1. The van der Waals surface area contributed by atoms with Crippen molar-refractivity contribution in [2.75, 3.05) is 0 Å². The zero-order valence-electron chi connectivity index (χ0n) is 5.58. The molecule has 0 aliphatic heterocycles. The molecule has 1 fully saturated rings. The summed E-state index contributed by atoms with van der Waals surface area (Å²) in [6.45, 7) is 2.06. The summed E-state index contributed by atoms with van der Waals surface area (Å²) < 4.78 is 0. The molecule has 1 saturated carbocycles. The van der Waals surface area contributed by atoms with Gasteiger partial charge in [0.05, 0.1) is 6.10 Å². The Kier molecular flexibility index (Phi) is 1.86. The monoisotopic (exact) mass is 128 g/mol. The first-order chi connectivity index (χ1) is 4.24. The molecule has 1 unspecified atom stereocenters. The van der Waals surface area contributed by atoms with Gasteiger partial charge in [0.2, 0.25) is 0 Å². The zero-order valence-corrected chi connectivity index (χ0v) is 5.58. The molecule has 0 heterocycles. The van der Waals surface area contributed by atoms with Gasteiger partial charge in [-0.05, 0) is 18.8 Å². The number of hydrogen-bond donors (Lipinski definition) is 1. The third-order valence-electron chi connectivity index (χ3n) is 1.99. The molecule has 52 valence electrons. The summed E-state index contributed by atoms with van der Waals surface area (Å²) in [5, 5.41) is 9.13. The maximum absolute atomic E-state index is 10.2. The summed E-state index contributed by atoms with van der Waals surface area (Å²) in [6.07, 6.45) is 2.17. The van der Waals surface area contributed by atoms with Crippen molar-refractivity contribution in [2.24, 2.45) is 11.8 Å². The SMILES string of the molecule is CC1C[C@@H](O)[C@H](C=O)C1. The third-order valence-corrected chi connectivity index (χ3v) is 1.99. The Morgan fingerprint density at radius 2 is 2.22 bits per heavy atom. The largest absolute Gasteiger partial charge is 0.392 e. The Balaban J connectivity index is 2.47. The molecule has 0 aromatic heterocycles. The molecule has 0 amide bonds. The summed E-state index contributed by atoms with van der Waals surface area (Å²) in [5.41, 5.74) is 0. The van der Waals surface area contributed by atoms with Gasteiger partial charge in [-0.3, -0.25) is 0 Å². The molecular formula is C7H12O2. The van der Waals surface area contributed by atoms with Crippen LogP contribution < -0.4 is 0 Å². The molecule has 0 aromatic rings. The zero-order chi connectivity index (χ0) is 6.85. The Bertz CT molecular complexity index is 111. The predicted octanol–water partition coefficient (Wildman–Crippen LogP) is 0.592. The van der Waals surface area contributed by atoms with Gasteiger partial charge in [-0.25, -0.2) is 0 Å². The van der Waals surface area contributed by atoms with E-state index in [2.05, 4.69) is 6.92 Å². The summed E-state index contributed by atoms with van der Waals surface area (Å²) >= 11 is 0. The lowest BCUT2D eigenvalue weighted by molar-refractivity contribution is -0.113. The van der Waals surface area contributed by atoms with Gasteiger partial charge in [0, 0.05) is 5.92 Å². The van der Waals surface area contributed by atoms with E-state index in [1.807, 2.05) is 0 Å². The summed E-state index contributed by atoms with van der Waals surface area (Å²) in [7, 11) is 0. The van der Waals surface area contributed by atoms with Gasteiger partial charge < -0.3 is 9.90 Å². The molecule has 9 heavy (non-hydrogen) atoms. The van der Waals surface area contributed by atoms with Gasteiger partial charge in [-0.1, -0.05) is 6.92 Å². The van der Waals surface area contributed by atoms with Crippen LogP contribution in [0.4, 0.5) is 0 Å². The molecule has 0 bridgehead atoms. The van der Waals surface area contributed by atoms with Gasteiger partial charge in [-0.2, -0.15) is 0 Å². The molecule has 1 aliphatic carbocycles. The van der Waals surface area contributed by atoms with Gasteiger partial charge in [0.25, 0.3) is 0 Å². The van der Waals surface area contributed by atoms with E-state index in [-0.39, 0.29) is 12.0 Å². The first kappa shape index (κ1) is 6.75. The van der Waals surface area contributed by atoms with Crippen LogP contribution in [0.5, 0.6) is 0 Å². The van der Waals surface area contributed by atoms with Crippen molar-refractivity contribution in [1.29, 1.82) is 0 Å². The van der Waals surface area contributed by atoms with Crippen molar-refractivity contribution in [3.63, 3.8) is 0 Å². The predicted molar refractivity (Wildman–Crippen MR) is 34.0 cm³/mol. The molecule has 0 aromatic carbocycles. The summed E-state index contributed by atoms with van der Waals surface area (Å²) in [5.74, 6) is 0.440. The van der Waals surface area contributed by atoms with Gasteiger partial charge in [0.1, 0.15) is 6.29 Å². The van der Waals surface area contributed by atoms with Crippen molar-refractivity contribution < 1.29 is 9.90 Å². The minimum absolute atomic E-state index is 0.0833. The van der Waals surface area contributed by atoms with Crippen molar-refractivity contribution in [2.45, 2.75) is 25.9 Å². The molecule has 3 atom stereocenters. The van der Waals surface area contributed by atoms with Crippen molar-refractivity contribution in [3.05, 3.63) is 0 Å². The van der Waals surface area contributed by atoms with E-state index < -0.39 is 0 Å². The highest BCUT2D eigenvalue weighted by atomic mass is 16.3. The smallest absolute Gasteiger partial charge is 0.125 e. The maximum Gasteiger partial charge on any atom is 0.125 e. The third kappa shape index (κ3) is 1.30. The number of aliphatic hydroxyl groups excluding tert-OH is 1. The van der Waals surface area contributed by atoms with Crippen LogP contribution in [0.25, 0.3) is 0 Å². The number of carbonyl (C=O) groups excluding carboxylic acids is 1. The molecule has 2 nitrogen and oxygen atoms in total. The number of aliphatic hydroxyl groups is 1. The molecule has 1 aliphatic rings. The lowest BCUT2D eigenvalue weighted by Crippen LogP contribution is -2.13. The van der Waals surface area contributed by atoms with Crippen LogP contribution in [0.2, 0.25) is 0 Å². The van der Waals surface area contributed by atoms with Crippen molar-refractivity contribution >= 4 is 6.29 Å². The lowest BCUT2D eigenvalue weighted by atomic mass is 10.1. The topological polar surface area (TPSA) is 37.3 Å². The fourth-order valence-corrected chi connectivity index (χ4v) is 1.45. The fraction of sp³-hybridized carbons (Fsp3) is 0.857. The maximum atomic E-state index is 10.2. The Labute approximate surface area is 54.9 Å². The highest BCUT2D eigenvalue weighted by Gasteiger charge is 2.29. The second-order valence-corrected chi connectivity index (χ2v) is 2.94. The first-order valence-corrected chi connectivity index (χ1v) is 3.37. The van der Waals surface area contributed by atoms with Crippen LogP contribution in [0, 0.1) is 11.8 Å². The van der Waals surface area contributed by atoms with E-state index in [1.165, 1.54) is 0 Å². The quantitative estimate of drug-likeness (QED) is 0.525. The van der Waals surface area contributed by atoms with E-state index in [9.17, 15) is 4.79 Å². The van der Waals surface area contributed by atoms with E-state index >= 15 is 0 Å². The van der Waals surface area contributed by atoms with E-state index in [1.54, 1.807) is 0 Å².